The van der Waals surface area contributed by atoms with E-state index in [-0.39, 0.29) is 23.6 Å². The Bertz CT molecular complexity index is 1800. The van der Waals surface area contributed by atoms with Gasteiger partial charge < -0.3 is 33.3 Å². The minimum atomic E-state index is -1.02. The Labute approximate surface area is 256 Å². The largest absolute Gasteiger partial charge is 0.502 e. The molecule has 0 saturated carbocycles. The first kappa shape index (κ1) is 34.5. The van der Waals surface area contributed by atoms with E-state index in [1.165, 1.54) is 0 Å². The number of carbonyl (C=O) groups is 4. The third kappa shape index (κ3) is 8.34. The van der Waals surface area contributed by atoms with E-state index >= 15 is 0 Å². The summed E-state index contributed by atoms with van der Waals surface area (Å²) < 4.78 is 78.1. The summed E-state index contributed by atoms with van der Waals surface area (Å²) in [6.45, 7) is 4.91. The highest BCUT2D eigenvalue weighted by molar-refractivity contribution is 5.92. The van der Waals surface area contributed by atoms with Gasteiger partial charge in [0, 0.05) is 32.9 Å². The fourth-order valence-electron chi connectivity index (χ4n) is 3.59. The number of carbonyl (C=O) groups excluding carboxylic acids is 4. The van der Waals surface area contributed by atoms with Gasteiger partial charge in [0.05, 0.1) is 17.7 Å². The molecule has 0 fully saturated rings. The molecule has 0 saturated heterocycles. The lowest BCUT2D eigenvalue weighted by Crippen LogP contribution is -2.14. The van der Waals surface area contributed by atoms with Crippen molar-refractivity contribution >= 4 is 35.7 Å². The number of nitrogens with one attached hydrogen (secondary N) is 2. The van der Waals surface area contributed by atoms with Crippen LogP contribution in [0.3, 0.4) is 0 Å². The molecule has 0 radical (unpaired) electrons. The van der Waals surface area contributed by atoms with E-state index in [4.69, 9.17) is 18.3 Å². The SMILES string of the molecule is CC(=O)Nc1oc(-c2ccc(F)cc2F)c(O)c1OC(C)=O.CCOC(=O)Nc1oc(-c2ccc(F)cc2F)c(O)c1OC(C)=O. The van der Waals surface area contributed by atoms with Crippen LogP contribution in [0.15, 0.2) is 45.2 Å². The van der Waals surface area contributed by atoms with E-state index in [2.05, 4.69) is 15.4 Å². The summed E-state index contributed by atoms with van der Waals surface area (Å²) in [5, 5.41) is 24.5. The molecular weight excluding hydrogens is 628 g/mol. The van der Waals surface area contributed by atoms with Gasteiger partial charge in [-0.1, -0.05) is 0 Å². The zero-order valence-electron chi connectivity index (χ0n) is 24.3. The number of esters is 2. The van der Waals surface area contributed by atoms with Crippen LogP contribution in [0.5, 0.6) is 23.0 Å². The zero-order valence-corrected chi connectivity index (χ0v) is 24.3. The molecule has 2 aromatic heterocycles. The molecule has 0 aliphatic rings. The van der Waals surface area contributed by atoms with E-state index in [1.54, 1.807) is 6.92 Å². The summed E-state index contributed by atoms with van der Waals surface area (Å²) in [5.41, 5.74) is -0.553. The van der Waals surface area contributed by atoms with Gasteiger partial charge in [0.2, 0.25) is 34.8 Å². The van der Waals surface area contributed by atoms with Crippen LogP contribution in [0.1, 0.15) is 27.7 Å². The lowest BCUT2D eigenvalue weighted by atomic mass is 10.1. The first-order chi connectivity index (χ1) is 21.6. The number of ether oxygens (including phenoxy) is 3. The van der Waals surface area contributed by atoms with Gasteiger partial charge in [-0.25, -0.2) is 22.4 Å². The second-order valence-corrected chi connectivity index (χ2v) is 8.84. The highest BCUT2D eigenvalue weighted by atomic mass is 19.1. The van der Waals surface area contributed by atoms with Gasteiger partial charge >= 0.3 is 18.0 Å². The second kappa shape index (κ2) is 14.7. The van der Waals surface area contributed by atoms with E-state index < -0.39 is 87.6 Å². The Morgan fingerprint density at radius 3 is 1.48 bits per heavy atom. The highest BCUT2D eigenvalue weighted by Crippen LogP contribution is 2.48. The Morgan fingerprint density at radius 2 is 1.13 bits per heavy atom. The zero-order chi connectivity index (χ0) is 34.3. The summed E-state index contributed by atoms with van der Waals surface area (Å²) in [7, 11) is 0. The van der Waals surface area contributed by atoms with Gasteiger partial charge in [0.1, 0.15) is 23.3 Å². The molecule has 0 bridgehead atoms. The van der Waals surface area contributed by atoms with Crippen LogP contribution in [-0.4, -0.2) is 40.8 Å². The number of halogens is 4. The first-order valence-electron chi connectivity index (χ1n) is 12.8. The van der Waals surface area contributed by atoms with Crippen molar-refractivity contribution in [3.05, 3.63) is 59.7 Å². The van der Waals surface area contributed by atoms with Crippen molar-refractivity contribution in [2.24, 2.45) is 0 Å². The third-order valence-corrected chi connectivity index (χ3v) is 5.30. The van der Waals surface area contributed by atoms with Gasteiger partial charge in [0.25, 0.3) is 5.88 Å². The second-order valence-electron chi connectivity index (χ2n) is 8.84. The van der Waals surface area contributed by atoms with Crippen LogP contribution < -0.4 is 20.1 Å². The van der Waals surface area contributed by atoms with Crippen LogP contribution in [0.4, 0.5) is 34.1 Å². The smallest absolute Gasteiger partial charge is 0.414 e. The van der Waals surface area contributed by atoms with Gasteiger partial charge in [0.15, 0.2) is 11.5 Å². The quantitative estimate of drug-likeness (QED) is 0.131. The van der Waals surface area contributed by atoms with Gasteiger partial charge in [-0.2, -0.15) is 0 Å². The van der Waals surface area contributed by atoms with Crippen molar-refractivity contribution in [1.82, 2.24) is 0 Å². The molecule has 244 valence electrons. The molecule has 0 aliphatic carbocycles. The minimum Gasteiger partial charge on any atom is -0.502 e. The third-order valence-electron chi connectivity index (χ3n) is 5.30. The van der Waals surface area contributed by atoms with Crippen LogP contribution in [0.25, 0.3) is 22.6 Å². The molecule has 13 nitrogen and oxygen atoms in total. The monoisotopic (exact) mass is 652 g/mol. The van der Waals surface area contributed by atoms with Crippen LogP contribution in [0.2, 0.25) is 0 Å². The van der Waals surface area contributed by atoms with Crippen molar-refractivity contribution in [1.29, 1.82) is 0 Å². The van der Waals surface area contributed by atoms with Gasteiger partial charge in [-0.15, -0.1) is 0 Å². The van der Waals surface area contributed by atoms with E-state index in [0.29, 0.717) is 12.1 Å². The lowest BCUT2D eigenvalue weighted by molar-refractivity contribution is -0.132. The van der Waals surface area contributed by atoms with Gasteiger partial charge in [-0.3, -0.25) is 25.0 Å². The number of rotatable bonds is 7. The summed E-state index contributed by atoms with van der Waals surface area (Å²) >= 11 is 0. The number of anilines is 2. The Hall–Kier alpha value is -6.00. The first-order valence-corrected chi connectivity index (χ1v) is 12.8. The fourth-order valence-corrected chi connectivity index (χ4v) is 3.59. The molecular formula is C29H24F4N2O11. The summed E-state index contributed by atoms with van der Waals surface area (Å²) in [4.78, 5) is 44.8. The topological polar surface area (TPSA) is 187 Å². The van der Waals surface area contributed by atoms with E-state index in [9.17, 15) is 47.0 Å². The number of aromatic hydroxyl groups is 2. The number of hydrogen-bond acceptors (Lipinski definition) is 11. The van der Waals surface area contributed by atoms with E-state index in [0.717, 1.165) is 45.0 Å². The summed E-state index contributed by atoms with van der Waals surface area (Å²) in [5.74, 6) is -9.88. The van der Waals surface area contributed by atoms with Gasteiger partial charge in [-0.05, 0) is 31.2 Å². The molecule has 4 rings (SSSR count). The average Bonchev–Trinajstić information content (AvgIpc) is 3.39. The maximum absolute atomic E-state index is 13.9. The normalized spacial score (nSPS) is 10.3. The number of hydrogen-bond donors (Lipinski definition) is 4. The molecule has 17 heteroatoms. The molecule has 4 N–H and O–H groups in total. The summed E-state index contributed by atoms with van der Waals surface area (Å²) in [6, 6.07) is 5.16. The highest BCUT2D eigenvalue weighted by Gasteiger charge is 2.28. The molecule has 4 aromatic rings. The maximum Gasteiger partial charge on any atom is 0.414 e. The Morgan fingerprint density at radius 1 is 0.717 bits per heavy atom. The molecule has 2 heterocycles. The molecule has 46 heavy (non-hydrogen) atoms. The van der Waals surface area contributed by atoms with Crippen molar-refractivity contribution in [2.75, 3.05) is 17.2 Å². The lowest BCUT2D eigenvalue weighted by Gasteiger charge is -2.04. The number of furan rings is 2. The Balaban J connectivity index is 0.000000251. The molecule has 0 aliphatic heterocycles. The number of benzene rings is 2. The van der Waals surface area contributed by atoms with Crippen molar-refractivity contribution in [2.45, 2.75) is 27.7 Å². The Kier molecular flexibility index (Phi) is 11.0. The van der Waals surface area contributed by atoms with Crippen molar-refractivity contribution in [3.8, 4) is 45.6 Å². The van der Waals surface area contributed by atoms with Crippen LogP contribution in [-0.2, 0) is 19.1 Å². The average molecular weight is 653 g/mol. The predicted molar refractivity (Wildman–Crippen MR) is 149 cm³/mol. The summed E-state index contributed by atoms with van der Waals surface area (Å²) in [6.07, 6.45) is -0.939. The van der Waals surface area contributed by atoms with Crippen LogP contribution >= 0.6 is 0 Å². The molecule has 2 amide bonds. The van der Waals surface area contributed by atoms with E-state index in [1.807, 2.05) is 0 Å². The van der Waals surface area contributed by atoms with Crippen LogP contribution in [0, 0.1) is 23.3 Å². The predicted octanol–water partition coefficient (Wildman–Crippen LogP) is 6.24. The van der Waals surface area contributed by atoms with Crippen molar-refractivity contribution in [3.63, 3.8) is 0 Å². The molecule has 0 unspecified atom stereocenters. The molecule has 2 aromatic carbocycles. The molecule has 0 spiro atoms. The standard InChI is InChI=1S/C15H13F2NO6.C14H11F2NO5/c1-3-22-15(21)18-14-13(23-7(2)19)11(20)12(24-14)9-5-4-8(16)6-10(9)17;1-6(18)17-14-13(21-7(2)19)11(20)12(22-14)9-4-3-8(15)5-10(9)16/h4-6,20H,3H2,1-2H3,(H,18,21);3-5,20H,1-2H3,(H,17,18). The number of amides is 2. The van der Waals surface area contributed by atoms with Crippen molar-refractivity contribution < 1.29 is 70.0 Å². The fraction of sp³-hybridized carbons (Fsp3) is 0.172. The molecule has 0 atom stereocenters. The maximum atomic E-state index is 13.9. The minimum absolute atomic E-state index is 0.0564.